The highest BCUT2D eigenvalue weighted by Crippen LogP contribution is 2.29. The van der Waals surface area contributed by atoms with Crippen LogP contribution < -0.4 is 10.0 Å². The van der Waals surface area contributed by atoms with Gasteiger partial charge in [0.2, 0.25) is 15.9 Å². The number of nitrogens with one attached hydrogen (secondary N) is 3. The number of aromatic nitrogens is 1. The molecule has 5 rings (SSSR count). The van der Waals surface area contributed by atoms with Gasteiger partial charge in [-0.2, -0.15) is 0 Å². The molecule has 3 N–H and O–H groups in total. The highest BCUT2D eigenvalue weighted by atomic mass is 32.2. The minimum absolute atomic E-state index is 0.0513. The highest BCUT2D eigenvalue weighted by Gasteiger charge is 2.30. The minimum atomic E-state index is -3.70. The predicted molar refractivity (Wildman–Crippen MR) is 143 cm³/mol. The van der Waals surface area contributed by atoms with Crippen molar-refractivity contribution in [1.29, 1.82) is 0 Å². The molecule has 0 unspecified atom stereocenters. The number of amides is 1. The van der Waals surface area contributed by atoms with E-state index in [9.17, 15) is 17.6 Å². The van der Waals surface area contributed by atoms with Crippen molar-refractivity contribution in [2.45, 2.75) is 49.6 Å². The Morgan fingerprint density at radius 2 is 1.65 bits per heavy atom. The van der Waals surface area contributed by atoms with E-state index in [4.69, 9.17) is 0 Å². The number of fused-ring (bicyclic) bond motifs is 1. The Balaban J connectivity index is 1.19. The molecule has 1 amide bonds. The quantitative estimate of drug-likeness (QED) is 0.293. The van der Waals surface area contributed by atoms with E-state index in [1.807, 2.05) is 49.4 Å². The molecule has 0 saturated heterocycles. The van der Waals surface area contributed by atoms with Crippen molar-refractivity contribution in [2.75, 3.05) is 0 Å². The van der Waals surface area contributed by atoms with Crippen molar-refractivity contribution in [1.82, 2.24) is 15.0 Å². The molecule has 1 aromatic heterocycles. The lowest BCUT2D eigenvalue weighted by Crippen LogP contribution is -2.41. The van der Waals surface area contributed by atoms with Crippen molar-refractivity contribution in [2.24, 2.45) is 5.92 Å². The van der Waals surface area contributed by atoms with Crippen LogP contribution in [0.25, 0.3) is 22.2 Å². The van der Waals surface area contributed by atoms with Crippen LogP contribution >= 0.6 is 0 Å². The Bertz CT molecular complexity index is 1490. The highest BCUT2D eigenvalue weighted by molar-refractivity contribution is 7.89. The van der Waals surface area contributed by atoms with E-state index in [1.54, 1.807) is 24.3 Å². The number of benzene rings is 3. The molecule has 3 aromatic carbocycles. The van der Waals surface area contributed by atoms with Gasteiger partial charge in [0, 0.05) is 28.6 Å². The van der Waals surface area contributed by atoms with Crippen molar-refractivity contribution in [3.63, 3.8) is 0 Å². The van der Waals surface area contributed by atoms with Gasteiger partial charge in [-0.05, 0) is 74.1 Å². The van der Waals surface area contributed by atoms with Gasteiger partial charge in [0.1, 0.15) is 5.82 Å². The molecule has 0 aliphatic heterocycles. The fourth-order valence-corrected chi connectivity index (χ4v) is 6.30. The summed E-state index contributed by atoms with van der Waals surface area (Å²) in [7, 11) is -3.70. The van der Waals surface area contributed by atoms with Crippen molar-refractivity contribution >= 4 is 26.8 Å². The molecule has 1 saturated carbocycles. The second-order valence-electron chi connectivity index (χ2n) is 9.75. The Morgan fingerprint density at radius 3 is 2.35 bits per heavy atom. The summed E-state index contributed by atoms with van der Waals surface area (Å²) < 4.78 is 42.3. The van der Waals surface area contributed by atoms with Crippen LogP contribution in [-0.4, -0.2) is 25.4 Å². The van der Waals surface area contributed by atoms with E-state index < -0.39 is 10.0 Å². The fraction of sp³-hybridized carbons (Fsp3) is 0.276. The van der Waals surface area contributed by atoms with E-state index in [1.165, 1.54) is 12.1 Å². The summed E-state index contributed by atoms with van der Waals surface area (Å²) in [5, 5.41) is 3.95. The number of H-pyrrole nitrogens is 1. The first-order valence-electron chi connectivity index (χ1n) is 12.5. The maximum Gasteiger partial charge on any atom is 0.240 e. The van der Waals surface area contributed by atoms with Crippen LogP contribution in [0.4, 0.5) is 4.39 Å². The number of rotatable bonds is 7. The molecular formula is C29H30FN3O3S. The SMILES string of the molecule is C[C@@H](NC(=O)[C@H]1CC[C@H](NS(=O)(=O)c2ccc3cc(-c4ccccc4)[nH]c3c2)CC1)c1ccc(F)cc1. The van der Waals surface area contributed by atoms with Gasteiger partial charge >= 0.3 is 0 Å². The van der Waals surface area contributed by atoms with Gasteiger partial charge in [-0.25, -0.2) is 17.5 Å². The molecular weight excluding hydrogens is 489 g/mol. The van der Waals surface area contributed by atoms with Crippen LogP contribution in [0.2, 0.25) is 0 Å². The summed E-state index contributed by atoms with van der Waals surface area (Å²) in [5.74, 6) is -0.535. The fourth-order valence-electron chi connectivity index (χ4n) is 4.97. The van der Waals surface area contributed by atoms with Crippen molar-refractivity contribution in [3.8, 4) is 11.3 Å². The summed E-state index contributed by atoms with van der Waals surface area (Å²) in [6, 6.07) is 22.7. The van der Waals surface area contributed by atoms with E-state index >= 15 is 0 Å². The van der Waals surface area contributed by atoms with E-state index in [0.717, 1.165) is 27.7 Å². The third-order valence-corrected chi connectivity index (χ3v) is 8.66. The molecule has 1 fully saturated rings. The Hall–Kier alpha value is -3.49. The van der Waals surface area contributed by atoms with Gasteiger partial charge < -0.3 is 10.3 Å². The zero-order chi connectivity index (χ0) is 26.0. The molecule has 4 aromatic rings. The second-order valence-corrected chi connectivity index (χ2v) is 11.5. The van der Waals surface area contributed by atoms with Crippen LogP contribution in [-0.2, 0) is 14.8 Å². The number of aromatic amines is 1. The Labute approximate surface area is 216 Å². The van der Waals surface area contributed by atoms with Crippen molar-refractivity contribution in [3.05, 3.63) is 90.2 Å². The van der Waals surface area contributed by atoms with E-state index in [0.29, 0.717) is 25.7 Å². The lowest BCUT2D eigenvalue weighted by molar-refractivity contribution is -0.126. The zero-order valence-electron chi connectivity index (χ0n) is 20.6. The van der Waals surface area contributed by atoms with Gasteiger partial charge in [-0.3, -0.25) is 4.79 Å². The van der Waals surface area contributed by atoms with Crippen molar-refractivity contribution < 1.29 is 17.6 Å². The Kier molecular flexibility index (Phi) is 7.13. The van der Waals surface area contributed by atoms with Crippen LogP contribution in [0.1, 0.15) is 44.2 Å². The standard InChI is InChI=1S/C29H30FN3O3S/c1-19(20-7-12-24(30)13-8-20)31-29(34)22-9-14-25(15-10-22)33-37(35,36)26-16-11-23-17-27(32-28(23)18-26)21-5-3-2-4-6-21/h2-8,11-13,16-19,22,25,32-33H,9-10,14-15H2,1H3,(H,31,34)/t19-,22-,25-/m1/s1. The Morgan fingerprint density at radius 1 is 0.946 bits per heavy atom. The summed E-state index contributed by atoms with van der Waals surface area (Å²) >= 11 is 0. The molecule has 1 aliphatic carbocycles. The zero-order valence-corrected chi connectivity index (χ0v) is 21.4. The molecule has 37 heavy (non-hydrogen) atoms. The second kappa shape index (κ2) is 10.5. The molecule has 1 atom stereocenters. The van der Waals surface area contributed by atoms with Gasteiger partial charge in [0.05, 0.1) is 10.9 Å². The molecule has 1 aliphatic rings. The van der Waals surface area contributed by atoms with Gasteiger partial charge in [0.15, 0.2) is 0 Å². The number of hydrogen-bond acceptors (Lipinski definition) is 3. The summed E-state index contributed by atoms with van der Waals surface area (Å²) in [6.07, 6.45) is 2.38. The molecule has 8 heteroatoms. The number of hydrogen-bond donors (Lipinski definition) is 3. The molecule has 6 nitrogen and oxygen atoms in total. The lowest BCUT2D eigenvalue weighted by Gasteiger charge is -2.29. The van der Waals surface area contributed by atoms with E-state index in [-0.39, 0.29) is 34.6 Å². The number of halogens is 1. The monoisotopic (exact) mass is 519 g/mol. The molecule has 192 valence electrons. The predicted octanol–water partition coefficient (Wildman–Crippen LogP) is 5.69. The number of carbonyl (C=O) groups excluding carboxylic acids is 1. The minimum Gasteiger partial charge on any atom is -0.354 e. The first kappa shape index (κ1) is 25.2. The van der Waals surface area contributed by atoms with Gasteiger partial charge in [0.25, 0.3) is 0 Å². The topological polar surface area (TPSA) is 91.1 Å². The van der Waals surface area contributed by atoms with Crippen LogP contribution in [0.15, 0.2) is 83.8 Å². The smallest absolute Gasteiger partial charge is 0.240 e. The van der Waals surface area contributed by atoms with Crippen LogP contribution in [0.3, 0.4) is 0 Å². The lowest BCUT2D eigenvalue weighted by atomic mass is 9.85. The maximum absolute atomic E-state index is 13.2. The molecule has 0 spiro atoms. The normalized spacial score (nSPS) is 19.0. The average Bonchev–Trinajstić information content (AvgIpc) is 3.33. The summed E-state index contributed by atoms with van der Waals surface area (Å²) in [4.78, 5) is 16.3. The first-order chi connectivity index (χ1) is 17.8. The van der Waals surface area contributed by atoms with Crippen LogP contribution in [0, 0.1) is 11.7 Å². The molecule has 0 radical (unpaired) electrons. The van der Waals surface area contributed by atoms with Gasteiger partial charge in [-0.1, -0.05) is 48.5 Å². The average molecular weight is 520 g/mol. The van der Waals surface area contributed by atoms with E-state index in [2.05, 4.69) is 15.0 Å². The third kappa shape index (κ3) is 5.76. The molecule has 0 bridgehead atoms. The largest absolute Gasteiger partial charge is 0.354 e. The number of carbonyl (C=O) groups is 1. The third-order valence-electron chi connectivity index (χ3n) is 7.14. The van der Waals surface area contributed by atoms with Crippen LogP contribution in [0.5, 0.6) is 0 Å². The first-order valence-corrected chi connectivity index (χ1v) is 14.0. The summed E-state index contributed by atoms with van der Waals surface area (Å²) in [6.45, 7) is 1.87. The maximum atomic E-state index is 13.2. The summed E-state index contributed by atoms with van der Waals surface area (Å²) in [5.41, 5.74) is 3.57. The number of sulfonamides is 1. The molecule has 1 heterocycles. The van der Waals surface area contributed by atoms with Gasteiger partial charge in [-0.15, -0.1) is 0 Å².